The lowest BCUT2D eigenvalue weighted by Gasteiger charge is -2.12. The molecule has 0 saturated carbocycles. The van der Waals surface area contributed by atoms with Crippen LogP contribution in [0, 0.1) is 0 Å². The van der Waals surface area contributed by atoms with Crippen LogP contribution < -0.4 is 10.9 Å². The number of amides is 1. The van der Waals surface area contributed by atoms with Crippen LogP contribution in [-0.2, 0) is 11.0 Å². The van der Waals surface area contributed by atoms with Crippen LogP contribution in [0.1, 0.15) is 5.56 Å². The molecule has 1 heterocycles. The Labute approximate surface area is 112 Å². The number of nitrogens with zero attached hydrogens (tertiary/aromatic N) is 1. The molecule has 0 aliphatic rings. The Morgan fingerprint density at radius 1 is 1.10 bits per heavy atom. The van der Waals surface area contributed by atoms with Gasteiger partial charge in [-0.25, -0.2) is 4.98 Å². The Kier molecular flexibility index (Phi) is 3.88. The summed E-state index contributed by atoms with van der Waals surface area (Å²) in [6, 6.07) is 10.2. The molecule has 0 atom stereocenters. The Balaban J connectivity index is 2.48. The summed E-state index contributed by atoms with van der Waals surface area (Å²) in [5.41, 5.74) is 4.21. The number of halogens is 3. The monoisotopic (exact) mass is 281 g/mol. The summed E-state index contributed by atoms with van der Waals surface area (Å²) in [7, 11) is 0. The first-order valence-electron chi connectivity index (χ1n) is 5.60. The number of nitrogens with one attached hydrogen (secondary N) is 2. The van der Waals surface area contributed by atoms with Gasteiger partial charge in [0.15, 0.2) is 0 Å². The third-order valence-electron chi connectivity index (χ3n) is 2.48. The average molecular weight is 281 g/mol. The zero-order chi connectivity index (χ0) is 14.6. The fraction of sp³-hybridized carbons (Fsp3) is 0.0769. The van der Waals surface area contributed by atoms with Crippen molar-refractivity contribution in [3.63, 3.8) is 0 Å². The first-order chi connectivity index (χ1) is 9.50. The van der Waals surface area contributed by atoms with Gasteiger partial charge in [-0.05, 0) is 12.1 Å². The van der Waals surface area contributed by atoms with Crippen LogP contribution >= 0.6 is 0 Å². The highest BCUT2D eigenvalue weighted by molar-refractivity contribution is 5.63. The van der Waals surface area contributed by atoms with Gasteiger partial charge < -0.3 is 0 Å². The minimum atomic E-state index is -4.50. The molecule has 7 heteroatoms. The molecule has 0 fully saturated rings. The Morgan fingerprint density at radius 2 is 1.80 bits per heavy atom. The number of benzene rings is 1. The number of carbonyl (C=O) groups excluding carboxylic acids is 1. The van der Waals surface area contributed by atoms with E-state index >= 15 is 0 Å². The van der Waals surface area contributed by atoms with E-state index in [1.54, 1.807) is 30.3 Å². The summed E-state index contributed by atoms with van der Waals surface area (Å²) < 4.78 is 38.5. The van der Waals surface area contributed by atoms with Gasteiger partial charge in [0.1, 0.15) is 5.82 Å². The summed E-state index contributed by atoms with van der Waals surface area (Å²) in [6.45, 7) is 0. The molecule has 0 aliphatic heterocycles. The lowest BCUT2D eigenvalue weighted by Crippen LogP contribution is -2.20. The van der Waals surface area contributed by atoms with Crippen LogP contribution in [-0.4, -0.2) is 11.4 Å². The van der Waals surface area contributed by atoms with Crippen LogP contribution in [0.4, 0.5) is 19.0 Å². The number of anilines is 1. The van der Waals surface area contributed by atoms with Crippen molar-refractivity contribution in [2.24, 2.45) is 0 Å². The highest BCUT2D eigenvalue weighted by Crippen LogP contribution is 2.33. The van der Waals surface area contributed by atoms with Gasteiger partial charge in [0, 0.05) is 5.56 Å². The third kappa shape index (κ3) is 3.25. The Bertz CT molecular complexity index is 600. The predicted octanol–water partition coefficient (Wildman–Crippen LogP) is 2.84. The van der Waals surface area contributed by atoms with E-state index in [1.165, 1.54) is 0 Å². The fourth-order valence-corrected chi connectivity index (χ4v) is 1.62. The standard InChI is InChI=1S/C13H10F3N3O/c14-13(15,16)10-6-11(9-4-2-1-3-5-9)18-12(7-10)19-17-8-20/h1-8H,(H,17,20)(H,18,19). The zero-order valence-corrected chi connectivity index (χ0v) is 10.1. The van der Waals surface area contributed by atoms with Crippen LogP contribution in [0.5, 0.6) is 0 Å². The van der Waals surface area contributed by atoms with E-state index in [1.807, 2.05) is 0 Å². The average Bonchev–Trinajstić information content (AvgIpc) is 2.45. The van der Waals surface area contributed by atoms with Gasteiger partial charge in [0.25, 0.3) is 0 Å². The maximum atomic E-state index is 12.8. The van der Waals surface area contributed by atoms with Crippen LogP contribution in [0.25, 0.3) is 11.3 Å². The van der Waals surface area contributed by atoms with Gasteiger partial charge in [-0.2, -0.15) is 13.2 Å². The second-order valence-corrected chi connectivity index (χ2v) is 3.88. The highest BCUT2D eigenvalue weighted by Gasteiger charge is 2.31. The van der Waals surface area contributed by atoms with E-state index < -0.39 is 11.7 Å². The summed E-state index contributed by atoms with van der Waals surface area (Å²) >= 11 is 0. The van der Waals surface area contributed by atoms with Gasteiger partial charge in [-0.1, -0.05) is 30.3 Å². The van der Waals surface area contributed by atoms with Crippen molar-refractivity contribution in [3.05, 3.63) is 48.0 Å². The van der Waals surface area contributed by atoms with Gasteiger partial charge in [0.2, 0.25) is 6.41 Å². The Hall–Kier alpha value is -2.57. The maximum absolute atomic E-state index is 12.8. The fourth-order valence-electron chi connectivity index (χ4n) is 1.62. The van der Waals surface area contributed by atoms with Crippen LogP contribution in [0.15, 0.2) is 42.5 Å². The highest BCUT2D eigenvalue weighted by atomic mass is 19.4. The largest absolute Gasteiger partial charge is 0.416 e. The zero-order valence-electron chi connectivity index (χ0n) is 10.1. The Morgan fingerprint density at radius 3 is 2.40 bits per heavy atom. The van der Waals surface area contributed by atoms with E-state index in [0.29, 0.717) is 12.0 Å². The van der Waals surface area contributed by atoms with Crippen molar-refractivity contribution < 1.29 is 18.0 Å². The minimum absolute atomic E-state index is 0.0919. The third-order valence-corrected chi connectivity index (χ3v) is 2.48. The van der Waals surface area contributed by atoms with Crippen LogP contribution in [0.2, 0.25) is 0 Å². The molecule has 1 aromatic carbocycles. The number of pyridine rings is 1. The molecule has 0 unspecified atom stereocenters. The van der Waals surface area contributed by atoms with Crippen molar-refractivity contribution >= 4 is 12.2 Å². The minimum Gasteiger partial charge on any atom is -0.282 e. The smallest absolute Gasteiger partial charge is 0.282 e. The van der Waals surface area contributed by atoms with Gasteiger partial charge >= 0.3 is 6.18 Å². The van der Waals surface area contributed by atoms with E-state index in [-0.39, 0.29) is 11.5 Å². The van der Waals surface area contributed by atoms with E-state index in [4.69, 9.17) is 0 Å². The van der Waals surface area contributed by atoms with Gasteiger partial charge in [-0.3, -0.25) is 15.6 Å². The number of hydrogen-bond acceptors (Lipinski definition) is 3. The van der Waals surface area contributed by atoms with E-state index in [0.717, 1.165) is 12.1 Å². The topological polar surface area (TPSA) is 54.0 Å². The first kappa shape index (κ1) is 13.9. The van der Waals surface area contributed by atoms with E-state index in [9.17, 15) is 18.0 Å². The normalized spacial score (nSPS) is 10.9. The van der Waals surface area contributed by atoms with Crippen molar-refractivity contribution in [3.8, 4) is 11.3 Å². The summed E-state index contributed by atoms with van der Waals surface area (Å²) in [5, 5.41) is 0. The molecule has 104 valence electrons. The van der Waals surface area contributed by atoms with Gasteiger partial charge in [-0.15, -0.1) is 0 Å². The molecule has 2 rings (SSSR count). The molecular formula is C13H10F3N3O. The molecule has 2 aromatic rings. The molecule has 0 aliphatic carbocycles. The van der Waals surface area contributed by atoms with Crippen molar-refractivity contribution in [2.45, 2.75) is 6.18 Å². The molecule has 0 saturated heterocycles. The number of hydrazine groups is 1. The van der Waals surface area contributed by atoms with E-state index in [2.05, 4.69) is 15.8 Å². The predicted molar refractivity (Wildman–Crippen MR) is 67.5 cm³/mol. The molecule has 0 spiro atoms. The first-order valence-corrected chi connectivity index (χ1v) is 5.60. The second-order valence-electron chi connectivity index (χ2n) is 3.88. The molecular weight excluding hydrogens is 271 g/mol. The number of hydrogen-bond donors (Lipinski definition) is 2. The SMILES string of the molecule is O=CNNc1cc(C(F)(F)F)cc(-c2ccccc2)n1. The second kappa shape index (κ2) is 5.60. The van der Waals surface area contributed by atoms with Gasteiger partial charge in [0.05, 0.1) is 11.3 Å². The molecule has 20 heavy (non-hydrogen) atoms. The number of rotatable bonds is 4. The number of aromatic nitrogens is 1. The van der Waals surface area contributed by atoms with Crippen molar-refractivity contribution in [1.82, 2.24) is 10.4 Å². The molecule has 1 amide bonds. The lowest BCUT2D eigenvalue weighted by molar-refractivity contribution is -0.137. The summed E-state index contributed by atoms with van der Waals surface area (Å²) in [5.74, 6) is -0.0919. The molecule has 0 bridgehead atoms. The maximum Gasteiger partial charge on any atom is 0.416 e. The number of alkyl halides is 3. The molecule has 4 nitrogen and oxygen atoms in total. The number of carbonyl (C=O) groups is 1. The molecule has 1 aromatic heterocycles. The summed E-state index contributed by atoms with van der Waals surface area (Å²) in [4.78, 5) is 14.2. The van der Waals surface area contributed by atoms with Crippen LogP contribution in [0.3, 0.4) is 0 Å². The molecule has 0 radical (unpaired) electrons. The van der Waals surface area contributed by atoms with Crippen molar-refractivity contribution in [1.29, 1.82) is 0 Å². The molecule has 2 N–H and O–H groups in total. The summed E-state index contributed by atoms with van der Waals surface area (Å²) in [6.07, 6.45) is -4.19. The quantitative estimate of drug-likeness (QED) is 0.669. The van der Waals surface area contributed by atoms with Crippen molar-refractivity contribution in [2.75, 3.05) is 5.43 Å². The lowest BCUT2D eigenvalue weighted by atomic mass is 10.1.